The maximum atomic E-state index is 8.10. The molecule has 0 saturated heterocycles. The van der Waals surface area contributed by atoms with Crippen molar-refractivity contribution in [3.63, 3.8) is 0 Å². The molecule has 0 radical (unpaired) electrons. The molecule has 0 saturated carbocycles. The predicted molar refractivity (Wildman–Crippen MR) is 342 cm³/mol. The van der Waals surface area contributed by atoms with Crippen LogP contribution in [0, 0.1) is 6.57 Å². The first-order valence-electron chi connectivity index (χ1n) is 27.9. The van der Waals surface area contributed by atoms with E-state index in [-0.39, 0.29) is 0 Å². The van der Waals surface area contributed by atoms with Crippen molar-refractivity contribution < 1.29 is 0 Å². The van der Waals surface area contributed by atoms with Gasteiger partial charge in [-0.3, -0.25) is 0 Å². The van der Waals surface area contributed by atoms with Crippen LogP contribution in [-0.2, 0) is 0 Å². The van der Waals surface area contributed by atoms with Gasteiger partial charge in [-0.05, 0) is 101 Å². The van der Waals surface area contributed by atoms with E-state index in [1.54, 1.807) is 0 Å². The molecule has 0 unspecified atom stereocenters. The zero-order valence-corrected chi connectivity index (χ0v) is 44.8. The van der Waals surface area contributed by atoms with Crippen LogP contribution in [0.2, 0.25) is 0 Å². The minimum Gasteiger partial charge on any atom is -0.309 e. The average molecular weight is 1060 g/mol. The molecular formula is C76H47N7. The van der Waals surface area contributed by atoms with Gasteiger partial charge in [0.1, 0.15) is 0 Å². The van der Waals surface area contributed by atoms with Crippen molar-refractivity contribution in [3.8, 4) is 84.6 Å². The fourth-order valence-corrected chi connectivity index (χ4v) is 12.6. The summed E-state index contributed by atoms with van der Waals surface area (Å²) in [7, 11) is 0. The standard InChI is InChI=1S/C76H47N7/c1-77-66-30-14-8-24-57(66)53-40-45-72-65(46-53)62-29-13-19-35-71(62)83(72)73-63(49-36-41-55(42-37-49)81-67-31-15-9-25-58(67)59-26-10-16-32-68(59)81)47-54(76-79-74(51-20-4-2-5-21-51)78-75(80-76)52-22-6-3-7-23-52)48-64(73)50-38-43-56(44-39-50)82-69-33-17-11-27-60(69)61-28-12-18-34-70(61)82/h2-48H. The normalized spacial score (nSPS) is 11.6. The molecule has 0 amide bonds. The quantitative estimate of drug-likeness (QED) is 0.135. The number of fused-ring (bicyclic) bond motifs is 9. The van der Waals surface area contributed by atoms with E-state index in [1.165, 1.54) is 21.5 Å². The molecule has 0 aliphatic heterocycles. The zero-order valence-electron chi connectivity index (χ0n) is 44.8. The second-order valence-corrected chi connectivity index (χ2v) is 21.0. The van der Waals surface area contributed by atoms with E-state index in [1.807, 2.05) is 60.7 Å². The van der Waals surface area contributed by atoms with Crippen molar-refractivity contribution in [3.05, 3.63) is 297 Å². The summed E-state index contributed by atoms with van der Waals surface area (Å²) in [6, 6.07) is 101. The lowest BCUT2D eigenvalue weighted by atomic mass is 9.92. The molecule has 7 nitrogen and oxygen atoms in total. The molecule has 0 aliphatic rings. The fraction of sp³-hybridized carbons (Fsp3) is 0. The van der Waals surface area contributed by atoms with E-state index >= 15 is 0 Å². The number of hydrogen-bond donors (Lipinski definition) is 0. The van der Waals surface area contributed by atoms with E-state index < -0.39 is 0 Å². The summed E-state index contributed by atoms with van der Waals surface area (Å²) in [5, 5.41) is 7.04. The molecule has 0 fully saturated rings. The van der Waals surface area contributed by atoms with Crippen LogP contribution >= 0.6 is 0 Å². The third-order valence-electron chi connectivity index (χ3n) is 16.3. The van der Waals surface area contributed by atoms with Crippen LogP contribution in [0.25, 0.3) is 155 Å². The summed E-state index contributed by atoms with van der Waals surface area (Å²) < 4.78 is 7.19. The maximum absolute atomic E-state index is 8.10. The van der Waals surface area contributed by atoms with Crippen molar-refractivity contribution in [2.45, 2.75) is 0 Å². The summed E-state index contributed by atoms with van der Waals surface area (Å²) in [5.41, 5.74) is 19.0. The highest BCUT2D eigenvalue weighted by Gasteiger charge is 2.25. The molecule has 0 aliphatic carbocycles. The van der Waals surface area contributed by atoms with Gasteiger partial charge in [-0.25, -0.2) is 19.8 Å². The number of aromatic nitrogens is 6. The van der Waals surface area contributed by atoms with Crippen LogP contribution in [0.1, 0.15) is 0 Å². The lowest BCUT2D eigenvalue weighted by Crippen LogP contribution is -2.04. The summed E-state index contributed by atoms with van der Waals surface area (Å²) >= 11 is 0. The van der Waals surface area contributed by atoms with Crippen LogP contribution in [0.3, 0.4) is 0 Å². The Morgan fingerprint density at radius 3 is 1.05 bits per heavy atom. The van der Waals surface area contributed by atoms with Crippen LogP contribution < -0.4 is 0 Å². The maximum Gasteiger partial charge on any atom is 0.194 e. The smallest absolute Gasteiger partial charge is 0.194 e. The Morgan fingerprint density at radius 2 is 0.602 bits per heavy atom. The van der Waals surface area contributed by atoms with E-state index in [9.17, 15) is 0 Å². The van der Waals surface area contributed by atoms with Crippen molar-refractivity contribution in [2.75, 3.05) is 0 Å². The highest BCUT2D eigenvalue weighted by atomic mass is 15.0. The first kappa shape index (κ1) is 47.5. The van der Waals surface area contributed by atoms with Crippen molar-refractivity contribution >= 4 is 71.1 Å². The van der Waals surface area contributed by atoms with Gasteiger partial charge < -0.3 is 13.7 Å². The average Bonchev–Trinajstić information content (AvgIpc) is 2.58. The summed E-state index contributed by atoms with van der Waals surface area (Å²) in [6.07, 6.45) is 0. The Bertz CT molecular complexity index is 4910. The van der Waals surface area contributed by atoms with Crippen LogP contribution in [0.5, 0.6) is 0 Å². The summed E-state index contributed by atoms with van der Waals surface area (Å²) in [6.45, 7) is 8.10. The Morgan fingerprint density at radius 1 is 0.253 bits per heavy atom. The predicted octanol–water partition coefficient (Wildman–Crippen LogP) is 19.7. The molecule has 0 spiro atoms. The van der Waals surface area contributed by atoms with E-state index in [2.05, 4.69) is 243 Å². The van der Waals surface area contributed by atoms with Crippen molar-refractivity contribution in [1.29, 1.82) is 0 Å². The van der Waals surface area contributed by atoms with Gasteiger partial charge in [0.05, 0.1) is 45.4 Å². The van der Waals surface area contributed by atoms with Crippen molar-refractivity contribution in [1.82, 2.24) is 28.7 Å². The van der Waals surface area contributed by atoms with Crippen molar-refractivity contribution in [2.24, 2.45) is 0 Å². The van der Waals surface area contributed by atoms with Crippen LogP contribution in [0.15, 0.2) is 285 Å². The van der Waals surface area contributed by atoms with E-state index in [0.717, 1.165) is 111 Å². The molecule has 386 valence electrons. The molecule has 0 atom stereocenters. The van der Waals surface area contributed by atoms with Gasteiger partial charge in [-0.1, -0.05) is 206 Å². The zero-order chi connectivity index (χ0) is 55.0. The third-order valence-corrected chi connectivity index (χ3v) is 16.3. The number of nitrogens with zero attached hydrogens (tertiary/aromatic N) is 7. The number of hydrogen-bond acceptors (Lipinski definition) is 3. The molecule has 16 rings (SSSR count). The molecule has 7 heteroatoms. The van der Waals surface area contributed by atoms with E-state index in [0.29, 0.717) is 23.2 Å². The number of rotatable bonds is 9. The first-order valence-corrected chi connectivity index (χ1v) is 27.9. The molecule has 4 heterocycles. The molecular weight excluding hydrogens is 1010 g/mol. The molecule has 4 aromatic heterocycles. The Hall–Kier alpha value is -11.5. The second kappa shape index (κ2) is 19.4. The topological polar surface area (TPSA) is 57.8 Å². The third kappa shape index (κ3) is 7.84. The Labute approximate surface area is 478 Å². The lowest BCUT2D eigenvalue weighted by molar-refractivity contribution is 1.07. The Balaban J connectivity index is 0.996. The second-order valence-electron chi connectivity index (χ2n) is 21.0. The van der Waals surface area contributed by atoms with Gasteiger partial charge in [-0.2, -0.15) is 0 Å². The summed E-state index contributed by atoms with van der Waals surface area (Å²) in [4.78, 5) is 19.8. The fourth-order valence-electron chi connectivity index (χ4n) is 12.6. The molecule has 0 N–H and O–H groups in total. The summed E-state index contributed by atoms with van der Waals surface area (Å²) in [5.74, 6) is 1.73. The number of para-hydroxylation sites is 6. The molecule has 16 aromatic rings. The van der Waals surface area contributed by atoms with Crippen LogP contribution in [0.4, 0.5) is 5.69 Å². The van der Waals surface area contributed by atoms with Gasteiger partial charge >= 0.3 is 0 Å². The highest BCUT2D eigenvalue weighted by Crippen LogP contribution is 2.46. The lowest BCUT2D eigenvalue weighted by Gasteiger charge is -2.22. The van der Waals surface area contributed by atoms with Gasteiger partial charge in [0.15, 0.2) is 23.2 Å². The SMILES string of the molecule is [C-]#[N+]c1ccccc1-c1ccc2c(c1)c1ccccc1n2-c1c(-c2ccc(-n3c4ccccc4c4ccccc43)cc2)cc(-c2nc(-c3ccccc3)nc(-c3ccccc3)n2)cc1-c1ccc(-n2c3ccccc3c3ccccc32)cc1. The highest BCUT2D eigenvalue weighted by molar-refractivity contribution is 6.13. The molecule has 12 aromatic carbocycles. The molecule has 0 bridgehead atoms. The first-order chi connectivity index (χ1) is 41.1. The Kier molecular flexibility index (Phi) is 11.1. The van der Waals surface area contributed by atoms with Crippen LogP contribution in [-0.4, -0.2) is 28.7 Å². The molecule has 83 heavy (non-hydrogen) atoms. The largest absolute Gasteiger partial charge is 0.309 e. The van der Waals surface area contributed by atoms with Gasteiger partial charge in [0.2, 0.25) is 0 Å². The monoisotopic (exact) mass is 1060 g/mol. The van der Waals surface area contributed by atoms with Gasteiger partial charge in [0, 0.05) is 71.5 Å². The van der Waals surface area contributed by atoms with Gasteiger partial charge in [-0.15, -0.1) is 0 Å². The minimum absolute atomic E-state index is 0.556. The minimum atomic E-state index is 0.556. The number of benzene rings is 12. The van der Waals surface area contributed by atoms with Gasteiger partial charge in [0.25, 0.3) is 0 Å². The van der Waals surface area contributed by atoms with E-state index in [4.69, 9.17) is 21.5 Å².